The molecule has 1 aliphatic carbocycles. The molecule has 1 saturated carbocycles. The maximum atomic E-state index is 12.8. The smallest absolute Gasteiger partial charge is 0.431 e. The Hall–Kier alpha value is -4.34. The van der Waals surface area contributed by atoms with Gasteiger partial charge in [0.05, 0.1) is 26.1 Å². The molecule has 2 N–H and O–H groups in total. The van der Waals surface area contributed by atoms with Crippen LogP contribution in [0.5, 0.6) is 11.5 Å². The maximum Gasteiger partial charge on any atom is 0.431 e. The molecular formula is C28H31N5O5. The molecule has 1 unspecified atom stereocenters. The number of aromatic amines is 1. The van der Waals surface area contributed by atoms with E-state index in [0.29, 0.717) is 35.0 Å². The van der Waals surface area contributed by atoms with Crippen LogP contribution in [-0.2, 0) is 11.3 Å². The van der Waals surface area contributed by atoms with Gasteiger partial charge in [-0.2, -0.15) is 10.1 Å². The molecule has 0 radical (unpaired) electrons. The third-order valence-electron chi connectivity index (χ3n) is 6.69. The molecule has 1 atom stereocenters. The maximum absolute atomic E-state index is 12.8. The number of carbonyl (C=O) groups is 2. The predicted molar refractivity (Wildman–Crippen MR) is 142 cm³/mol. The van der Waals surface area contributed by atoms with Crippen LogP contribution in [0.2, 0.25) is 0 Å². The van der Waals surface area contributed by atoms with Crippen LogP contribution in [-0.4, -0.2) is 52.0 Å². The van der Waals surface area contributed by atoms with E-state index in [1.54, 1.807) is 19.2 Å². The van der Waals surface area contributed by atoms with Gasteiger partial charge in [-0.1, -0.05) is 19.1 Å². The molecule has 1 fully saturated rings. The number of nitrogens with zero attached hydrogens (tertiary/aromatic N) is 3. The van der Waals surface area contributed by atoms with E-state index in [1.807, 2.05) is 37.3 Å². The lowest BCUT2D eigenvalue weighted by Crippen LogP contribution is -2.41. The minimum atomic E-state index is -0.507. The van der Waals surface area contributed by atoms with Crippen LogP contribution in [0.1, 0.15) is 60.6 Å². The summed E-state index contributed by atoms with van der Waals surface area (Å²) in [6.45, 7) is 2.17. The van der Waals surface area contributed by atoms with Gasteiger partial charge in [-0.3, -0.25) is 4.79 Å². The van der Waals surface area contributed by atoms with Gasteiger partial charge < -0.3 is 24.5 Å². The lowest BCUT2D eigenvalue weighted by Gasteiger charge is -2.29. The molecule has 38 heavy (non-hydrogen) atoms. The van der Waals surface area contributed by atoms with Gasteiger partial charge in [0.15, 0.2) is 11.5 Å². The number of hydrazone groups is 1. The molecule has 2 heterocycles. The number of rotatable bonds is 9. The Labute approximate surface area is 221 Å². The second-order valence-corrected chi connectivity index (χ2v) is 9.32. The van der Waals surface area contributed by atoms with E-state index in [4.69, 9.17) is 19.3 Å². The molecule has 1 aromatic heterocycles. The quantitative estimate of drug-likeness (QED) is 0.406. The van der Waals surface area contributed by atoms with E-state index in [0.717, 1.165) is 24.0 Å². The Bertz CT molecular complexity index is 1300. The van der Waals surface area contributed by atoms with Crippen molar-refractivity contribution in [3.05, 3.63) is 71.8 Å². The first-order valence-corrected chi connectivity index (χ1v) is 12.8. The fraction of sp³-hybridized carbons (Fsp3) is 0.357. The molecule has 198 valence electrons. The van der Waals surface area contributed by atoms with Crippen molar-refractivity contribution in [1.82, 2.24) is 15.0 Å². The molecular weight excluding hydrogens is 486 g/mol. The third-order valence-corrected chi connectivity index (χ3v) is 6.69. The predicted octanol–water partition coefficient (Wildman–Crippen LogP) is 5.13. The molecule has 0 bridgehead atoms. The summed E-state index contributed by atoms with van der Waals surface area (Å²) in [6, 6.07) is 12.9. The largest absolute Gasteiger partial charge is 0.493 e. The molecule has 5 rings (SSSR count). The highest BCUT2D eigenvalue weighted by Crippen LogP contribution is 2.34. The number of hydrogen-bond acceptors (Lipinski definition) is 7. The lowest BCUT2D eigenvalue weighted by atomic mass is 10.0. The monoisotopic (exact) mass is 517 g/mol. The number of nitrogens with one attached hydrogen (secondary N) is 2. The van der Waals surface area contributed by atoms with Gasteiger partial charge in [0, 0.05) is 17.4 Å². The van der Waals surface area contributed by atoms with E-state index < -0.39 is 12.2 Å². The number of aromatic nitrogens is 2. The Morgan fingerprint density at radius 2 is 1.95 bits per heavy atom. The van der Waals surface area contributed by atoms with Crippen LogP contribution in [0, 0.1) is 0 Å². The molecule has 0 spiro atoms. The number of imidazole rings is 1. The Kier molecular flexibility index (Phi) is 7.57. The summed E-state index contributed by atoms with van der Waals surface area (Å²) in [5, 5.41) is 8.82. The average molecular weight is 518 g/mol. The molecule has 2 aliphatic rings. The summed E-state index contributed by atoms with van der Waals surface area (Å²) in [7, 11) is 1.63. The molecule has 1 aliphatic heterocycles. The van der Waals surface area contributed by atoms with Crippen LogP contribution < -0.4 is 14.8 Å². The topological polar surface area (TPSA) is 118 Å². The molecule has 2 amide bonds. The minimum Gasteiger partial charge on any atom is -0.493 e. The van der Waals surface area contributed by atoms with E-state index in [2.05, 4.69) is 15.3 Å². The SMILES string of the molecule is CCC1OC(=O)N(Cc2ccc(NC(=O)c3c[nH]cn3)cc2)N=C1c1ccc(OC)c(OC2CCCC2)c1. The van der Waals surface area contributed by atoms with Crippen molar-refractivity contribution in [3.8, 4) is 11.5 Å². The number of methoxy groups -OCH3 is 1. The first-order chi connectivity index (χ1) is 18.5. The van der Waals surface area contributed by atoms with Gasteiger partial charge in [-0.15, -0.1) is 0 Å². The number of ether oxygens (including phenoxy) is 3. The van der Waals surface area contributed by atoms with Crippen molar-refractivity contribution in [3.63, 3.8) is 0 Å². The van der Waals surface area contributed by atoms with Crippen LogP contribution >= 0.6 is 0 Å². The third kappa shape index (κ3) is 5.64. The number of cyclic esters (lactones) is 1. The molecule has 3 aromatic rings. The van der Waals surface area contributed by atoms with E-state index >= 15 is 0 Å². The van der Waals surface area contributed by atoms with Gasteiger partial charge in [-0.25, -0.2) is 9.78 Å². The van der Waals surface area contributed by atoms with Gasteiger partial charge in [0.1, 0.15) is 17.5 Å². The van der Waals surface area contributed by atoms with E-state index in [-0.39, 0.29) is 18.6 Å². The van der Waals surface area contributed by atoms with Crippen molar-refractivity contribution in [2.45, 2.75) is 57.8 Å². The standard InChI is InChI=1S/C28H31N5O5/c1-3-23-26(19-10-13-24(36-2)25(14-19)37-21-6-4-5-7-21)32-33(28(35)38-23)16-18-8-11-20(12-9-18)31-27(34)22-15-29-17-30-22/h8-15,17,21,23H,3-7,16H2,1-2H3,(H,29,30)(H,31,34). The molecule has 0 saturated heterocycles. The van der Waals surface area contributed by atoms with Crippen LogP contribution in [0.4, 0.5) is 10.5 Å². The summed E-state index contributed by atoms with van der Waals surface area (Å²) in [5.74, 6) is 1.03. The Morgan fingerprint density at radius 3 is 2.63 bits per heavy atom. The average Bonchev–Trinajstić information content (AvgIpc) is 3.66. The van der Waals surface area contributed by atoms with Crippen molar-refractivity contribution in [1.29, 1.82) is 0 Å². The lowest BCUT2D eigenvalue weighted by molar-refractivity contribution is 0.0712. The zero-order valence-electron chi connectivity index (χ0n) is 21.5. The van der Waals surface area contributed by atoms with Gasteiger partial charge in [0.25, 0.3) is 5.91 Å². The van der Waals surface area contributed by atoms with Crippen LogP contribution in [0.3, 0.4) is 0 Å². The highest BCUT2D eigenvalue weighted by Gasteiger charge is 2.31. The van der Waals surface area contributed by atoms with Gasteiger partial charge >= 0.3 is 6.09 Å². The van der Waals surface area contributed by atoms with Crippen LogP contribution in [0.25, 0.3) is 0 Å². The normalized spacial score (nSPS) is 17.6. The first-order valence-electron chi connectivity index (χ1n) is 12.8. The minimum absolute atomic E-state index is 0.177. The molecule has 10 nitrogen and oxygen atoms in total. The number of hydrogen-bond donors (Lipinski definition) is 2. The summed E-state index contributed by atoms with van der Waals surface area (Å²) < 4.78 is 17.5. The number of amides is 2. The zero-order chi connectivity index (χ0) is 26.5. The number of carbonyl (C=O) groups excluding carboxylic acids is 2. The fourth-order valence-corrected chi connectivity index (χ4v) is 4.65. The Balaban J connectivity index is 1.34. The van der Waals surface area contributed by atoms with E-state index in [1.165, 1.54) is 30.4 Å². The van der Waals surface area contributed by atoms with Crippen molar-refractivity contribution in [2.75, 3.05) is 12.4 Å². The highest BCUT2D eigenvalue weighted by atomic mass is 16.6. The number of H-pyrrole nitrogens is 1. The van der Waals surface area contributed by atoms with Gasteiger partial charge in [0.2, 0.25) is 0 Å². The first kappa shape index (κ1) is 25.3. The highest BCUT2D eigenvalue weighted by molar-refractivity contribution is 6.06. The van der Waals surface area contributed by atoms with E-state index in [9.17, 15) is 9.59 Å². The van der Waals surface area contributed by atoms with Crippen molar-refractivity contribution in [2.24, 2.45) is 5.10 Å². The fourth-order valence-electron chi connectivity index (χ4n) is 4.65. The zero-order valence-corrected chi connectivity index (χ0v) is 21.5. The number of anilines is 1. The second-order valence-electron chi connectivity index (χ2n) is 9.32. The molecule has 2 aromatic carbocycles. The second kappa shape index (κ2) is 11.4. The van der Waals surface area contributed by atoms with Crippen molar-refractivity contribution < 1.29 is 23.8 Å². The van der Waals surface area contributed by atoms with Crippen molar-refractivity contribution >= 4 is 23.4 Å². The van der Waals surface area contributed by atoms with Gasteiger partial charge in [-0.05, 0) is 68.0 Å². The summed E-state index contributed by atoms with van der Waals surface area (Å²) in [6.07, 6.45) is 7.16. The Morgan fingerprint density at radius 1 is 1.16 bits per heavy atom. The van der Waals surface area contributed by atoms with Crippen LogP contribution in [0.15, 0.2) is 60.1 Å². The summed E-state index contributed by atoms with van der Waals surface area (Å²) in [5.41, 5.74) is 3.23. The summed E-state index contributed by atoms with van der Waals surface area (Å²) in [4.78, 5) is 31.7. The number of benzene rings is 2. The molecule has 10 heteroatoms. The summed E-state index contributed by atoms with van der Waals surface area (Å²) >= 11 is 0.